The van der Waals surface area contributed by atoms with Gasteiger partial charge in [0.15, 0.2) is 0 Å². The predicted octanol–water partition coefficient (Wildman–Crippen LogP) is 5.55. The number of hydrogen-bond donors (Lipinski definition) is 1. The highest BCUT2D eigenvalue weighted by Gasteiger charge is 2.08. The van der Waals surface area contributed by atoms with Gasteiger partial charge < -0.3 is 4.74 Å². The molecule has 0 aliphatic carbocycles. The summed E-state index contributed by atoms with van der Waals surface area (Å²) in [5, 5.41) is 4.86. The van der Waals surface area contributed by atoms with Gasteiger partial charge in [-0.25, -0.2) is 0 Å². The Balaban J connectivity index is 2.22. The molecule has 0 radical (unpaired) electrons. The highest BCUT2D eigenvalue weighted by molar-refractivity contribution is 14.1. The Hall–Kier alpha value is -0.790. The third-order valence-corrected chi connectivity index (χ3v) is 4.18. The summed E-state index contributed by atoms with van der Waals surface area (Å²) >= 11 is 11.8. The van der Waals surface area contributed by atoms with Crippen molar-refractivity contribution in [1.29, 1.82) is 0 Å². The lowest BCUT2D eigenvalue weighted by molar-refractivity contribution is 0.337. The van der Waals surface area contributed by atoms with Crippen LogP contribution in [0, 0.1) is 3.57 Å². The zero-order chi connectivity index (χ0) is 15.2. The van der Waals surface area contributed by atoms with Gasteiger partial charge in [0, 0.05) is 10.0 Å². The SMILES string of the molecule is CCOc1c(I)cc(Br)cc1/C=N\Nc1ccccc1Cl. The van der Waals surface area contributed by atoms with Gasteiger partial charge in [0.1, 0.15) is 5.75 Å². The summed E-state index contributed by atoms with van der Waals surface area (Å²) in [6, 6.07) is 11.4. The average Bonchev–Trinajstić information content (AvgIpc) is 2.44. The third-order valence-electron chi connectivity index (χ3n) is 2.59. The molecule has 6 heteroatoms. The number of para-hydroxylation sites is 1. The second-order valence-electron chi connectivity index (χ2n) is 4.09. The van der Waals surface area contributed by atoms with Crippen molar-refractivity contribution in [2.45, 2.75) is 6.92 Å². The summed E-state index contributed by atoms with van der Waals surface area (Å²) in [6.07, 6.45) is 1.72. The maximum atomic E-state index is 6.07. The number of ether oxygens (including phenoxy) is 1. The fourth-order valence-electron chi connectivity index (χ4n) is 1.70. The van der Waals surface area contributed by atoms with Crippen molar-refractivity contribution < 1.29 is 4.74 Å². The number of hydrazone groups is 1. The van der Waals surface area contributed by atoms with Crippen molar-refractivity contribution in [3.63, 3.8) is 0 Å². The summed E-state index contributed by atoms with van der Waals surface area (Å²) in [5.41, 5.74) is 4.59. The van der Waals surface area contributed by atoms with Crippen molar-refractivity contribution in [3.8, 4) is 5.75 Å². The molecule has 21 heavy (non-hydrogen) atoms. The Morgan fingerprint density at radius 3 is 2.86 bits per heavy atom. The van der Waals surface area contributed by atoms with Crippen LogP contribution in [0.25, 0.3) is 0 Å². The molecule has 0 amide bonds. The second kappa shape index (κ2) is 8.00. The van der Waals surface area contributed by atoms with Crippen LogP contribution in [-0.4, -0.2) is 12.8 Å². The van der Waals surface area contributed by atoms with E-state index in [1.165, 1.54) is 0 Å². The maximum Gasteiger partial charge on any atom is 0.141 e. The number of nitrogens with zero attached hydrogens (tertiary/aromatic N) is 1. The van der Waals surface area contributed by atoms with E-state index in [9.17, 15) is 0 Å². The highest BCUT2D eigenvalue weighted by Crippen LogP contribution is 2.29. The molecule has 1 N–H and O–H groups in total. The number of hydrogen-bond acceptors (Lipinski definition) is 3. The van der Waals surface area contributed by atoms with Crippen LogP contribution in [0.4, 0.5) is 5.69 Å². The van der Waals surface area contributed by atoms with E-state index >= 15 is 0 Å². The normalized spacial score (nSPS) is 10.9. The Bertz CT molecular complexity index is 664. The fourth-order valence-corrected chi connectivity index (χ4v) is 3.58. The van der Waals surface area contributed by atoms with Gasteiger partial charge in [-0.05, 0) is 53.8 Å². The zero-order valence-electron chi connectivity index (χ0n) is 11.2. The van der Waals surface area contributed by atoms with Gasteiger partial charge >= 0.3 is 0 Å². The summed E-state index contributed by atoms with van der Waals surface area (Å²) in [5.74, 6) is 0.825. The predicted molar refractivity (Wildman–Crippen MR) is 101 cm³/mol. The topological polar surface area (TPSA) is 33.6 Å². The molecule has 0 saturated heterocycles. The molecule has 2 aromatic carbocycles. The molecule has 0 aromatic heterocycles. The van der Waals surface area contributed by atoms with Crippen LogP contribution in [0.5, 0.6) is 5.75 Å². The molecule has 0 unspecified atom stereocenters. The molecule has 0 fully saturated rings. The number of rotatable bonds is 5. The molecular formula is C15H13BrClIN2O. The molecule has 0 spiro atoms. The Morgan fingerprint density at radius 1 is 1.38 bits per heavy atom. The third kappa shape index (κ3) is 4.59. The van der Waals surface area contributed by atoms with Gasteiger partial charge in [-0.3, -0.25) is 5.43 Å². The van der Waals surface area contributed by atoms with E-state index in [0.29, 0.717) is 11.6 Å². The van der Waals surface area contributed by atoms with E-state index in [2.05, 4.69) is 49.0 Å². The van der Waals surface area contributed by atoms with Crippen molar-refractivity contribution in [3.05, 3.63) is 55.0 Å². The second-order valence-corrected chi connectivity index (χ2v) is 6.57. The number of halogens is 3. The van der Waals surface area contributed by atoms with Crippen LogP contribution in [0.1, 0.15) is 12.5 Å². The van der Waals surface area contributed by atoms with Crippen molar-refractivity contribution in [1.82, 2.24) is 0 Å². The van der Waals surface area contributed by atoms with Crippen LogP contribution in [-0.2, 0) is 0 Å². The molecule has 0 bridgehead atoms. The lowest BCUT2D eigenvalue weighted by Gasteiger charge is -2.10. The summed E-state index contributed by atoms with van der Waals surface area (Å²) in [6.45, 7) is 2.57. The Labute approximate surface area is 151 Å². The van der Waals surface area contributed by atoms with Gasteiger partial charge in [0.25, 0.3) is 0 Å². The minimum absolute atomic E-state index is 0.608. The quantitative estimate of drug-likeness (QED) is 0.347. The number of nitrogens with one attached hydrogen (secondary N) is 1. The summed E-state index contributed by atoms with van der Waals surface area (Å²) in [4.78, 5) is 0. The molecule has 2 rings (SSSR count). The van der Waals surface area contributed by atoms with Gasteiger partial charge in [-0.1, -0.05) is 39.7 Å². The lowest BCUT2D eigenvalue weighted by Crippen LogP contribution is -2.00. The van der Waals surface area contributed by atoms with E-state index in [0.717, 1.165) is 25.0 Å². The first-order valence-corrected chi connectivity index (χ1v) is 8.52. The Kier molecular flexibility index (Phi) is 6.32. The first kappa shape index (κ1) is 16.6. The van der Waals surface area contributed by atoms with Gasteiger partial charge in [0.2, 0.25) is 0 Å². The molecule has 0 atom stereocenters. The minimum atomic E-state index is 0.608. The fraction of sp³-hybridized carbons (Fsp3) is 0.133. The van der Waals surface area contributed by atoms with Crippen LogP contribution < -0.4 is 10.2 Å². The standard InChI is InChI=1S/C15H13BrClIN2O/c1-2-21-15-10(7-11(16)8-13(15)18)9-19-20-14-6-4-3-5-12(14)17/h3-9,20H,2H2,1H3/b19-9-. The molecule has 3 nitrogen and oxygen atoms in total. The van der Waals surface area contributed by atoms with Gasteiger partial charge in [0.05, 0.1) is 27.1 Å². The molecule has 0 aliphatic heterocycles. The first-order valence-electron chi connectivity index (χ1n) is 6.27. The maximum absolute atomic E-state index is 6.07. The highest BCUT2D eigenvalue weighted by atomic mass is 127. The monoisotopic (exact) mass is 478 g/mol. The summed E-state index contributed by atoms with van der Waals surface area (Å²) in [7, 11) is 0. The van der Waals surface area contributed by atoms with Crippen LogP contribution in [0.3, 0.4) is 0 Å². The largest absolute Gasteiger partial charge is 0.492 e. The Morgan fingerprint density at radius 2 is 2.14 bits per heavy atom. The van der Waals surface area contributed by atoms with Gasteiger partial charge in [-0.15, -0.1) is 0 Å². The lowest BCUT2D eigenvalue weighted by atomic mass is 10.2. The van der Waals surface area contributed by atoms with E-state index in [1.807, 2.05) is 43.3 Å². The molecule has 0 aliphatic rings. The van der Waals surface area contributed by atoms with E-state index in [4.69, 9.17) is 16.3 Å². The molecular weight excluding hydrogens is 466 g/mol. The smallest absolute Gasteiger partial charge is 0.141 e. The van der Waals surface area contributed by atoms with E-state index in [-0.39, 0.29) is 0 Å². The first-order chi connectivity index (χ1) is 10.1. The number of benzene rings is 2. The van der Waals surface area contributed by atoms with Crippen LogP contribution in [0.15, 0.2) is 46.0 Å². The summed E-state index contributed by atoms with van der Waals surface area (Å²) < 4.78 is 7.69. The van der Waals surface area contributed by atoms with Crippen LogP contribution >= 0.6 is 50.1 Å². The minimum Gasteiger partial charge on any atom is -0.492 e. The number of anilines is 1. The molecule has 2 aromatic rings. The van der Waals surface area contributed by atoms with Crippen molar-refractivity contribution >= 4 is 62.0 Å². The van der Waals surface area contributed by atoms with E-state index < -0.39 is 0 Å². The van der Waals surface area contributed by atoms with Crippen molar-refractivity contribution in [2.75, 3.05) is 12.0 Å². The molecule has 110 valence electrons. The molecule has 0 saturated carbocycles. The van der Waals surface area contributed by atoms with E-state index in [1.54, 1.807) is 6.21 Å². The van der Waals surface area contributed by atoms with Crippen LogP contribution in [0.2, 0.25) is 5.02 Å². The van der Waals surface area contributed by atoms with Crippen molar-refractivity contribution in [2.24, 2.45) is 5.10 Å². The van der Waals surface area contributed by atoms with Gasteiger partial charge in [-0.2, -0.15) is 5.10 Å². The molecule has 0 heterocycles. The zero-order valence-corrected chi connectivity index (χ0v) is 15.7. The average molecular weight is 480 g/mol.